The molecule has 8 nitrogen and oxygen atoms in total. The van der Waals surface area contributed by atoms with Crippen LogP contribution in [0.5, 0.6) is 0 Å². The molecular weight excluding hydrogens is 398 g/mol. The van der Waals surface area contributed by atoms with Gasteiger partial charge in [-0.1, -0.05) is 11.6 Å². The van der Waals surface area contributed by atoms with Crippen LogP contribution in [0.2, 0.25) is 4.34 Å². The Bertz CT molecular complexity index is 853. The fourth-order valence-corrected chi connectivity index (χ4v) is 5.02. The van der Waals surface area contributed by atoms with E-state index in [0.29, 0.717) is 30.0 Å². The van der Waals surface area contributed by atoms with E-state index in [1.165, 1.54) is 6.07 Å². The van der Waals surface area contributed by atoms with Crippen molar-refractivity contribution in [3.63, 3.8) is 0 Å². The molecule has 2 aromatic rings. The van der Waals surface area contributed by atoms with E-state index < -0.39 is 10.0 Å². The van der Waals surface area contributed by atoms with Gasteiger partial charge in [-0.25, -0.2) is 18.1 Å². The van der Waals surface area contributed by atoms with Crippen LogP contribution >= 0.6 is 22.9 Å². The molecule has 0 unspecified atom stereocenters. The summed E-state index contributed by atoms with van der Waals surface area (Å²) in [4.78, 5) is 11.0. The third-order valence-corrected chi connectivity index (χ3v) is 6.87. The van der Waals surface area contributed by atoms with Crippen molar-refractivity contribution in [1.29, 1.82) is 0 Å². The number of aromatic nitrogens is 2. The zero-order valence-electron chi connectivity index (χ0n) is 14.2. The van der Waals surface area contributed by atoms with Crippen LogP contribution in [-0.2, 0) is 14.8 Å². The number of nitrogens with zero attached hydrogens (tertiary/aromatic N) is 3. The molecule has 11 heteroatoms. The minimum absolute atomic E-state index is 0.198. The van der Waals surface area contributed by atoms with Gasteiger partial charge in [-0.2, -0.15) is 4.98 Å². The summed E-state index contributed by atoms with van der Waals surface area (Å²) in [6.45, 7) is 5.42. The molecular formula is C15H20ClN5O3S2. The molecule has 0 amide bonds. The van der Waals surface area contributed by atoms with Crippen molar-refractivity contribution in [3.05, 3.63) is 28.2 Å². The molecule has 0 spiro atoms. The summed E-state index contributed by atoms with van der Waals surface area (Å²) >= 11 is 6.81. The topological polar surface area (TPSA) is 96.5 Å². The Morgan fingerprint density at radius 3 is 2.73 bits per heavy atom. The number of ether oxygens (including phenoxy) is 1. The first-order valence-corrected chi connectivity index (χ1v) is 10.8. The first-order chi connectivity index (χ1) is 12.4. The van der Waals surface area contributed by atoms with Crippen molar-refractivity contribution in [2.24, 2.45) is 0 Å². The first-order valence-electron chi connectivity index (χ1n) is 8.11. The van der Waals surface area contributed by atoms with Crippen molar-refractivity contribution in [2.75, 3.05) is 49.6 Å². The highest BCUT2D eigenvalue weighted by molar-refractivity contribution is 7.91. The summed E-state index contributed by atoms with van der Waals surface area (Å²) in [5.41, 5.74) is 0.845. The van der Waals surface area contributed by atoms with Crippen LogP contribution in [0, 0.1) is 6.92 Å². The molecule has 142 valence electrons. The van der Waals surface area contributed by atoms with Gasteiger partial charge in [0.05, 0.1) is 17.6 Å². The van der Waals surface area contributed by atoms with E-state index in [1.807, 2.05) is 13.0 Å². The van der Waals surface area contributed by atoms with E-state index in [1.54, 1.807) is 6.07 Å². The summed E-state index contributed by atoms with van der Waals surface area (Å²) in [6, 6.07) is 4.98. The smallest absolute Gasteiger partial charge is 0.250 e. The number of morpholine rings is 1. The summed E-state index contributed by atoms with van der Waals surface area (Å²) < 4.78 is 32.8. The minimum atomic E-state index is -3.55. The Morgan fingerprint density at radius 1 is 1.27 bits per heavy atom. The van der Waals surface area contributed by atoms with Crippen molar-refractivity contribution >= 4 is 44.7 Å². The predicted octanol–water partition coefficient (Wildman–Crippen LogP) is 1.73. The lowest BCUT2D eigenvalue weighted by Crippen LogP contribution is -2.37. The number of halogens is 1. The van der Waals surface area contributed by atoms with Crippen LogP contribution in [-0.4, -0.2) is 57.8 Å². The van der Waals surface area contributed by atoms with Gasteiger partial charge < -0.3 is 15.0 Å². The van der Waals surface area contributed by atoms with Crippen LogP contribution in [0.15, 0.2) is 22.4 Å². The first kappa shape index (κ1) is 19.3. The number of aryl methyl sites for hydroxylation is 1. The molecule has 1 saturated heterocycles. The molecule has 3 heterocycles. The van der Waals surface area contributed by atoms with E-state index >= 15 is 0 Å². The number of hydrogen-bond acceptors (Lipinski definition) is 8. The summed E-state index contributed by atoms with van der Waals surface area (Å²) in [5.74, 6) is 1.32. The predicted molar refractivity (Wildman–Crippen MR) is 103 cm³/mol. The molecule has 0 atom stereocenters. The van der Waals surface area contributed by atoms with E-state index in [-0.39, 0.29) is 10.8 Å². The summed E-state index contributed by atoms with van der Waals surface area (Å²) in [6.07, 6.45) is 0. The largest absolute Gasteiger partial charge is 0.378 e. The van der Waals surface area contributed by atoms with E-state index in [9.17, 15) is 8.42 Å². The molecule has 0 saturated carbocycles. The van der Waals surface area contributed by atoms with E-state index in [0.717, 1.165) is 35.9 Å². The fraction of sp³-hybridized carbons (Fsp3) is 0.467. The lowest BCUT2D eigenvalue weighted by Gasteiger charge is -2.28. The van der Waals surface area contributed by atoms with Gasteiger partial charge in [0.25, 0.3) is 0 Å². The van der Waals surface area contributed by atoms with Crippen LogP contribution in [0.25, 0.3) is 0 Å². The maximum Gasteiger partial charge on any atom is 0.250 e. The third-order valence-electron chi connectivity index (χ3n) is 3.69. The Kier molecular flexibility index (Phi) is 6.30. The highest BCUT2D eigenvalue weighted by Crippen LogP contribution is 2.25. The molecule has 2 N–H and O–H groups in total. The standard InChI is InChI=1S/C15H20ClN5O3S2/c1-11-10-13(21-6-8-24-9-7-21)20-15(19-11)17-4-5-18-26(22,23)14-3-2-12(16)25-14/h2-3,10,18H,4-9H2,1H3,(H,17,19,20). The van der Waals surface area contributed by atoms with Crippen LogP contribution in [0.3, 0.4) is 0 Å². The van der Waals surface area contributed by atoms with E-state index in [4.69, 9.17) is 16.3 Å². The molecule has 26 heavy (non-hydrogen) atoms. The van der Waals surface area contributed by atoms with Crippen molar-refractivity contribution in [2.45, 2.75) is 11.1 Å². The van der Waals surface area contributed by atoms with Gasteiger partial charge in [-0.05, 0) is 19.1 Å². The number of hydrogen-bond donors (Lipinski definition) is 2. The highest BCUT2D eigenvalue weighted by Gasteiger charge is 2.16. The Hall–Kier alpha value is -1.46. The average Bonchev–Trinajstić information content (AvgIpc) is 3.07. The van der Waals surface area contributed by atoms with Gasteiger partial charge in [-0.3, -0.25) is 0 Å². The third kappa shape index (κ3) is 5.04. The van der Waals surface area contributed by atoms with Gasteiger partial charge >= 0.3 is 0 Å². The molecule has 0 radical (unpaired) electrons. The van der Waals surface area contributed by atoms with Gasteiger partial charge in [0.15, 0.2) is 0 Å². The summed E-state index contributed by atoms with van der Waals surface area (Å²) in [7, 11) is -3.55. The molecule has 3 rings (SSSR count). The zero-order valence-corrected chi connectivity index (χ0v) is 16.6. The zero-order chi connectivity index (χ0) is 18.6. The normalized spacial score (nSPS) is 15.2. The lowest BCUT2D eigenvalue weighted by atomic mass is 10.3. The van der Waals surface area contributed by atoms with Gasteiger partial charge in [-0.15, -0.1) is 11.3 Å². The van der Waals surface area contributed by atoms with E-state index in [2.05, 4.69) is 24.9 Å². The highest BCUT2D eigenvalue weighted by atomic mass is 35.5. The summed E-state index contributed by atoms with van der Waals surface area (Å²) in [5, 5.41) is 3.06. The molecule has 0 bridgehead atoms. The monoisotopic (exact) mass is 417 g/mol. The Balaban J connectivity index is 1.55. The van der Waals surface area contributed by atoms with Crippen molar-refractivity contribution < 1.29 is 13.2 Å². The van der Waals surface area contributed by atoms with Gasteiger partial charge in [0, 0.05) is 37.9 Å². The fourth-order valence-electron chi connectivity index (χ4n) is 2.46. The number of anilines is 2. The Morgan fingerprint density at radius 2 is 2.04 bits per heavy atom. The number of nitrogens with one attached hydrogen (secondary N) is 2. The number of sulfonamides is 1. The maximum absolute atomic E-state index is 12.1. The molecule has 0 aromatic carbocycles. The molecule has 1 fully saturated rings. The second kappa shape index (κ2) is 8.49. The van der Waals surface area contributed by atoms with Crippen LogP contribution < -0.4 is 14.9 Å². The van der Waals surface area contributed by atoms with Crippen molar-refractivity contribution in [3.8, 4) is 0 Å². The lowest BCUT2D eigenvalue weighted by molar-refractivity contribution is 0.122. The minimum Gasteiger partial charge on any atom is -0.378 e. The van der Waals surface area contributed by atoms with Crippen LogP contribution in [0.1, 0.15) is 5.69 Å². The van der Waals surface area contributed by atoms with Gasteiger partial charge in [0.1, 0.15) is 10.0 Å². The maximum atomic E-state index is 12.1. The second-order valence-corrected chi connectivity index (χ2v) is 9.38. The SMILES string of the molecule is Cc1cc(N2CCOCC2)nc(NCCNS(=O)(=O)c2ccc(Cl)s2)n1. The molecule has 2 aromatic heterocycles. The molecule has 1 aliphatic heterocycles. The molecule has 1 aliphatic rings. The van der Waals surface area contributed by atoms with Gasteiger partial charge in [0.2, 0.25) is 16.0 Å². The quantitative estimate of drug-likeness (QED) is 0.662. The van der Waals surface area contributed by atoms with Crippen LogP contribution in [0.4, 0.5) is 11.8 Å². The van der Waals surface area contributed by atoms with Crippen molar-refractivity contribution in [1.82, 2.24) is 14.7 Å². The average molecular weight is 418 g/mol. The number of rotatable bonds is 7. The Labute approximate surface area is 161 Å². The number of thiophene rings is 1. The second-order valence-electron chi connectivity index (χ2n) is 5.67. The molecule has 0 aliphatic carbocycles.